The Balaban J connectivity index is 2.15. The van der Waals surface area contributed by atoms with E-state index in [1.54, 1.807) is 26.0 Å². The molecule has 0 saturated heterocycles. The molecular formula is C18H18BrN3O5S. The van der Waals surface area contributed by atoms with E-state index in [-0.39, 0.29) is 28.7 Å². The van der Waals surface area contributed by atoms with Gasteiger partial charge in [0.15, 0.2) is 5.78 Å². The van der Waals surface area contributed by atoms with Crippen LogP contribution in [0.2, 0.25) is 0 Å². The van der Waals surface area contributed by atoms with E-state index in [1.165, 1.54) is 19.2 Å². The van der Waals surface area contributed by atoms with Crippen molar-refractivity contribution in [3.63, 3.8) is 0 Å². The first kappa shape index (κ1) is 21.6. The van der Waals surface area contributed by atoms with Crippen molar-refractivity contribution in [2.24, 2.45) is 5.10 Å². The van der Waals surface area contributed by atoms with Crippen LogP contribution in [0.15, 0.2) is 27.8 Å². The molecule has 1 aromatic heterocycles. The molecule has 0 aliphatic carbocycles. The van der Waals surface area contributed by atoms with Gasteiger partial charge in [-0.3, -0.25) is 10.1 Å². The number of esters is 1. The number of ketones is 1. The SMILES string of the molecule is CCOC(=O)c1c(NC(=O)NN=Cc2ccc(O)c(Br)c2)sc(C(C)=O)c1C. The summed E-state index contributed by atoms with van der Waals surface area (Å²) < 4.78 is 5.51. The molecule has 0 spiro atoms. The van der Waals surface area contributed by atoms with Crippen molar-refractivity contribution in [1.29, 1.82) is 0 Å². The summed E-state index contributed by atoms with van der Waals surface area (Å²) in [6, 6.07) is 4.04. The van der Waals surface area contributed by atoms with E-state index < -0.39 is 12.0 Å². The second-order valence-electron chi connectivity index (χ2n) is 5.57. The Bertz CT molecular complexity index is 955. The Kier molecular flexibility index (Phi) is 7.30. The molecule has 0 unspecified atom stereocenters. The second kappa shape index (κ2) is 9.47. The van der Waals surface area contributed by atoms with Crippen molar-refractivity contribution in [3.05, 3.63) is 44.2 Å². The molecule has 0 aliphatic heterocycles. The van der Waals surface area contributed by atoms with Crippen LogP contribution in [0.25, 0.3) is 0 Å². The van der Waals surface area contributed by atoms with Crippen molar-refractivity contribution in [3.8, 4) is 5.75 Å². The number of halogens is 1. The van der Waals surface area contributed by atoms with Crippen LogP contribution >= 0.6 is 27.3 Å². The second-order valence-corrected chi connectivity index (χ2v) is 7.45. The van der Waals surface area contributed by atoms with Crippen LogP contribution in [-0.4, -0.2) is 35.7 Å². The molecule has 0 atom stereocenters. The zero-order valence-electron chi connectivity index (χ0n) is 15.3. The van der Waals surface area contributed by atoms with Gasteiger partial charge in [0, 0.05) is 0 Å². The van der Waals surface area contributed by atoms with Crippen molar-refractivity contribution >= 4 is 56.3 Å². The molecular weight excluding hydrogens is 450 g/mol. The fraction of sp³-hybridized carbons (Fsp3) is 0.222. The number of thiophene rings is 1. The van der Waals surface area contributed by atoms with Gasteiger partial charge >= 0.3 is 12.0 Å². The first-order valence-electron chi connectivity index (χ1n) is 8.14. The van der Waals surface area contributed by atoms with Crippen LogP contribution in [-0.2, 0) is 4.74 Å². The Labute approximate surface area is 173 Å². The normalized spacial score (nSPS) is 10.7. The third-order valence-electron chi connectivity index (χ3n) is 3.52. The third-order valence-corrected chi connectivity index (χ3v) is 5.47. The summed E-state index contributed by atoms with van der Waals surface area (Å²) >= 11 is 4.19. The summed E-state index contributed by atoms with van der Waals surface area (Å²) in [6.07, 6.45) is 1.39. The van der Waals surface area contributed by atoms with E-state index >= 15 is 0 Å². The largest absolute Gasteiger partial charge is 0.507 e. The maximum Gasteiger partial charge on any atom is 0.341 e. The molecule has 0 radical (unpaired) electrons. The molecule has 10 heteroatoms. The van der Waals surface area contributed by atoms with Gasteiger partial charge < -0.3 is 9.84 Å². The van der Waals surface area contributed by atoms with E-state index in [1.807, 2.05) is 0 Å². The summed E-state index contributed by atoms with van der Waals surface area (Å²) in [6.45, 7) is 4.85. The van der Waals surface area contributed by atoms with Crippen LogP contribution < -0.4 is 10.7 Å². The molecule has 2 amide bonds. The molecule has 0 saturated carbocycles. The predicted octanol–water partition coefficient (Wildman–Crippen LogP) is 4.06. The molecule has 8 nitrogen and oxygen atoms in total. The van der Waals surface area contributed by atoms with Crippen LogP contribution in [0.3, 0.4) is 0 Å². The number of carbonyl (C=O) groups excluding carboxylic acids is 3. The number of benzene rings is 1. The van der Waals surface area contributed by atoms with Gasteiger partial charge in [-0.25, -0.2) is 15.0 Å². The Morgan fingerprint density at radius 2 is 2.07 bits per heavy atom. The number of hydrazone groups is 1. The standard InChI is InChI=1S/C18H18BrN3O5S/c1-4-27-17(25)14-9(2)15(10(3)23)28-16(14)21-18(26)22-20-8-11-5-6-13(24)12(19)7-11/h5-8,24H,4H2,1-3H3,(H2,21,22,26). The lowest BCUT2D eigenvalue weighted by atomic mass is 10.1. The first-order chi connectivity index (χ1) is 13.2. The van der Waals surface area contributed by atoms with Crippen LogP contribution in [0, 0.1) is 6.92 Å². The van der Waals surface area contributed by atoms with Gasteiger partial charge in [0.1, 0.15) is 10.8 Å². The Morgan fingerprint density at radius 3 is 2.68 bits per heavy atom. The summed E-state index contributed by atoms with van der Waals surface area (Å²) in [5.41, 5.74) is 3.54. The van der Waals surface area contributed by atoms with E-state index in [9.17, 15) is 19.5 Å². The minimum atomic E-state index is -0.684. The summed E-state index contributed by atoms with van der Waals surface area (Å²) in [4.78, 5) is 36.5. The number of carbonyl (C=O) groups is 3. The number of rotatable bonds is 6. The Morgan fingerprint density at radius 1 is 1.36 bits per heavy atom. The lowest BCUT2D eigenvalue weighted by Crippen LogP contribution is -2.24. The van der Waals surface area contributed by atoms with Gasteiger partial charge in [-0.2, -0.15) is 5.10 Å². The van der Waals surface area contributed by atoms with Crippen LogP contribution in [0.4, 0.5) is 9.80 Å². The summed E-state index contributed by atoms with van der Waals surface area (Å²) in [5, 5.41) is 16.0. The lowest BCUT2D eigenvalue weighted by molar-refractivity contribution is 0.0527. The Hall–Kier alpha value is -2.72. The summed E-state index contributed by atoms with van der Waals surface area (Å²) in [7, 11) is 0. The molecule has 1 heterocycles. The predicted molar refractivity (Wildman–Crippen MR) is 111 cm³/mol. The van der Waals surface area contributed by atoms with Gasteiger partial charge in [0.2, 0.25) is 0 Å². The fourth-order valence-corrected chi connectivity index (χ4v) is 3.77. The fourth-order valence-electron chi connectivity index (χ4n) is 2.29. The number of urea groups is 1. The molecule has 28 heavy (non-hydrogen) atoms. The number of phenols is 1. The van der Waals surface area contributed by atoms with Crippen molar-refractivity contribution in [1.82, 2.24) is 5.43 Å². The highest BCUT2D eigenvalue weighted by Gasteiger charge is 2.25. The highest BCUT2D eigenvalue weighted by molar-refractivity contribution is 9.10. The molecule has 2 rings (SSSR count). The smallest absolute Gasteiger partial charge is 0.341 e. The quantitative estimate of drug-likeness (QED) is 0.256. The van der Waals surface area contributed by atoms with Crippen molar-refractivity contribution in [2.75, 3.05) is 11.9 Å². The topological polar surface area (TPSA) is 117 Å². The van der Waals surface area contributed by atoms with Gasteiger partial charge in [0.05, 0.1) is 27.7 Å². The molecule has 2 aromatic rings. The lowest BCUT2D eigenvalue weighted by Gasteiger charge is -2.06. The number of ether oxygens (including phenoxy) is 1. The number of nitrogens with one attached hydrogen (secondary N) is 2. The van der Waals surface area contributed by atoms with E-state index in [0.717, 1.165) is 11.3 Å². The minimum Gasteiger partial charge on any atom is -0.507 e. The number of hydrogen-bond donors (Lipinski definition) is 3. The van der Waals surface area contributed by atoms with E-state index in [2.05, 4.69) is 31.8 Å². The van der Waals surface area contributed by atoms with Gasteiger partial charge in [-0.15, -0.1) is 11.3 Å². The molecule has 0 fully saturated rings. The number of nitrogens with zero attached hydrogens (tertiary/aromatic N) is 1. The number of aromatic hydroxyl groups is 1. The number of anilines is 1. The maximum atomic E-state index is 12.2. The number of phenolic OH excluding ortho intramolecular Hbond substituents is 1. The number of amides is 2. The highest BCUT2D eigenvalue weighted by atomic mass is 79.9. The average Bonchev–Trinajstić information content (AvgIpc) is 2.94. The molecule has 0 bridgehead atoms. The zero-order chi connectivity index (χ0) is 20.8. The van der Waals surface area contributed by atoms with Crippen LogP contribution in [0.5, 0.6) is 5.75 Å². The zero-order valence-corrected chi connectivity index (χ0v) is 17.7. The molecule has 148 valence electrons. The van der Waals surface area contributed by atoms with E-state index in [4.69, 9.17) is 4.74 Å². The number of hydrogen-bond acceptors (Lipinski definition) is 7. The molecule has 1 aromatic carbocycles. The minimum absolute atomic E-state index is 0.0867. The molecule has 0 aliphatic rings. The van der Waals surface area contributed by atoms with E-state index in [0.29, 0.717) is 20.5 Å². The van der Waals surface area contributed by atoms with Crippen LogP contribution in [0.1, 0.15) is 45.0 Å². The summed E-state index contributed by atoms with van der Waals surface area (Å²) in [5.74, 6) is -0.738. The first-order valence-corrected chi connectivity index (χ1v) is 9.75. The van der Waals surface area contributed by atoms with Gasteiger partial charge in [-0.1, -0.05) is 0 Å². The third kappa shape index (κ3) is 5.17. The monoisotopic (exact) mass is 467 g/mol. The van der Waals surface area contributed by atoms with Crippen molar-refractivity contribution < 1.29 is 24.2 Å². The molecule has 3 N–H and O–H groups in total. The van der Waals surface area contributed by atoms with Gasteiger partial charge in [0.25, 0.3) is 0 Å². The maximum absolute atomic E-state index is 12.2. The highest BCUT2D eigenvalue weighted by Crippen LogP contribution is 2.34. The van der Waals surface area contributed by atoms with Gasteiger partial charge in [-0.05, 0) is 66.0 Å². The van der Waals surface area contributed by atoms with Crippen molar-refractivity contribution in [2.45, 2.75) is 20.8 Å². The average molecular weight is 468 g/mol. The number of Topliss-reactive ketones (excluding diaryl/α,β-unsaturated/α-hetero) is 1.